The van der Waals surface area contributed by atoms with Crippen molar-refractivity contribution in [2.75, 3.05) is 26.5 Å². The fourth-order valence-corrected chi connectivity index (χ4v) is 3.34. The first-order chi connectivity index (χ1) is 12.1. The summed E-state index contributed by atoms with van der Waals surface area (Å²) in [5.41, 5.74) is 1.12. The number of ether oxygens (including phenoxy) is 3. The molecule has 0 saturated carbocycles. The predicted molar refractivity (Wildman–Crippen MR) is 88.6 cm³/mol. The molecular formula is C18H15ClFNO4. The van der Waals surface area contributed by atoms with Gasteiger partial charge in [-0.15, -0.1) is 0 Å². The zero-order valence-corrected chi connectivity index (χ0v) is 14.0. The van der Waals surface area contributed by atoms with Crippen molar-refractivity contribution in [3.63, 3.8) is 0 Å². The van der Waals surface area contributed by atoms with E-state index in [0.717, 1.165) is 0 Å². The lowest BCUT2D eigenvalue weighted by Crippen LogP contribution is -2.42. The lowest BCUT2D eigenvalue weighted by molar-refractivity contribution is -0.0229. The van der Waals surface area contributed by atoms with Crippen molar-refractivity contribution < 1.29 is 23.4 Å². The number of hydrogen-bond acceptors (Lipinski definition) is 4. The Morgan fingerprint density at radius 2 is 2.12 bits per heavy atom. The molecule has 2 aliphatic rings. The van der Waals surface area contributed by atoms with Crippen molar-refractivity contribution >= 4 is 17.5 Å². The average Bonchev–Trinajstić information content (AvgIpc) is 3.10. The Balaban J connectivity index is 1.57. The maximum absolute atomic E-state index is 13.3. The average molecular weight is 364 g/mol. The van der Waals surface area contributed by atoms with E-state index in [1.165, 1.54) is 12.1 Å². The Bertz CT molecular complexity index is 829. The van der Waals surface area contributed by atoms with Crippen molar-refractivity contribution in [1.82, 2.24) is 4.90 Å². The summed E-state index contributed by atoms with van der Waals surface area (Å²) in [7, 11) is 0. The minimum atomic E-state index is -0.408. The Hall–Kier alpha value is -2.31. The molecule has 2 aromatic rings. The third-order valence-corrected chi connectivity index (χ3v) is 4.62. The van der Waals surface area contributed by atoms with Crippen molar-refractivity contribution in [2.45, 2.75) is 6.10 Å². The fraction of sp³-hybridized carbons (Fsp3) is 0.278. The first kappa shape index (κ1) is 16.2. The molecular weight excluding hydrogens is 349 g/mol. The lowest BCUT2D eigenvalue weighted by Gasteiger charge is -2.33. The van der Waals surface area contributed by atoms with Crippen molar-refractivity contribution in [3.05, 3.63) is 58.4 Å². The molecule has 0 bridgehead atoms. The van der Waals surface area contributed by atoms with Gasteiger partial charge in [-0.1, -0.05) is 23.7 Å². The van der Waals surface area contributed by atoms with Crippen LogP contribution in [0.25, 0.3) is 0 Å². The number of rotatable bonds is 2. The van der Waals surface area contributed by atoms with E-state index in [0.29, 0.717) is 42.3 Å². The smallest absolute Gasteiger partial charge is 0.257 e. The van der Waals surface area contributed by atoms with Crippen molar-refractivity contribution in [1.29, 1.82) is 0 Å². The van der Waals surface area contributed by atoms with Crippen LogP contribution in [0.1, 0.15) is 22.0 Å². The number of carbonyl (C=O) groups is 1. The van der Waals surface area contributed by atoms with Crippen LogP contribution >= 0.6 is 11.6 Å². The number of halogens is 2. The summed E-state index contributed by atoms with van der Waals surface area (Å²) in [6.45, 7) is 1.26. The van der Waals surface area contributed by atoms with Crippen LogP contribution in [0.15, 0.2) is 36.4 Å². The molecule has 2 aromatic carbocycles. The standard InChI is InChI=1S/C18H15ClFNO4/c19-14-8-11(20)4-5-12(14)16-9-21(6-7-23-16)18(22)13-2-1-3-15-17(13)25-10-24-15/h1-5,8,16H,6-7,9-10H2. The molecule has 2 aliphatic heterocycles. The van der Waals surface area contributed by atoms with Crippen LogP contribution in [0.2, 0.25) is 5.02 Å². The minimum Gasteiger partial charge on any atom is -0.454 e. The molecule has 0 N–H and O–H groups in total. The zero-order valence-electron chi connectivity index (χ0n) is 13.2. The van der Waals surface area contributed by atoms with E-state index in [4.69, 9.17) is 25.8 Å². The maximum atomic E-state index is 13.3. The summed E-state index contributed by atoms with van der Waals surface area (Å²) in [6, 6.07) is 9.41. The molecule has 4 rings (SSSR count). The van der Waals surface area contributed by atoms with Crippen molar-refractivity contribution in [2.24, 2.45) is 0 Å². The monoisotopic (exact) mass is 363 g/mol. The highest BCUT2D eigenvalue weighted by Gasteiger charge is 2.30. The van der Waals surface area contributed by atoms with E-state index in [2.05, 4.69) is 0 Å². The van der Waals surface area contributed by atoms with E-state index >= 15 is 0 Å². The van der Waals surface area contributed by atoms with Gasteiger partial charge >= 0.3 is 0 Å². The molecule has 0 spiro atoms. The van der Waals surface area contributed by atoms with Gasteiger partial charge in [-0.2, -0.15) is 0 Å². The number of carbonyl (C=O) groups excluding carboxylic acids is 1. The van der Waals surface area contributed by atoms with Gasteiger partial charge in [-0.25, -0.2) is 4.39 Å². The first-order valence-corrected chi connectivity index (χ1v) is 8.26. The number of hydrogen-bond donors (Lipinski definition) is 0. The molecule has 1 atom stereocenters. The van der Waals surface area contributed by atoms with Crippen LogP contribution in [-0.2, 0) is 4.74 Å². The van der Waals surface area contributed by atoms with E-state index in [-0.39, 0.29) is 17.7 Å². The highest BCUT2D eigenvalue weighted by Crippen LogP contribution is 2.37. The molecule has 0 radical (unpaired) electrons. The van der Waals surface area contributed by atoms with Gasteiger partial charge in [0.05, 0.1) is 18.7 Å². The van der Waals surface area contributed by atoms with Gasteiger partial charge in [0.2, 0.25) is 6.79 Å². The molecule has 5 nitrogen and oxygen atoms in total. The SMILES string of the molecule is O=C(c1cccc2c1OCO2)N1CCOC(c2ccc(F)cc2Cl)C1. The molecule has 130 valence electrons. The van der Waals surface area contributed by atoms with E-state index in [1.807, 2.05) is 0 Å². The van der Waals surface area contributed by atoms with Gasteiger partial charge in [0, 0.05) is 17.1 Å². The summed E-state index contributed by atoms with van der Waals surface area (Å²) < 4.78 is 29.7. The largest absolute Gasteiger partial charge is 0.454 e. The number of nitrogens with zero attached hydrogens (tertiary/aromatic N) is 1. The third-order valence-electron chi connectivity index (χ3n) is 4.29. The second-order valence-electron chi connectivity index (χ2n) is 5.82. The Morgan fingerprint density at radius 1 is 1.24 bits per heavy atom. The molecule has 7 heteroatoms. The van der Waals surface area contributed by atoms with Crippen LogP contribution in [0.3, 0.4) is 0 Å². The summed E-state index contributed by atoms with van der Waals surface area (Å²) >= 11 is 6.12. The van der Waals surface area contributed by atoms with Crippen LogP contribution in [-0.4, -0.2) is 37.3 Å². The van der Waals surface area contributed by atoms with E-state index < -0.39 is 11.9 Å². The summed E-state index contributed by atoms with van der Waals surface area (Å²) in [6.07, 6.45) is -0.403. The van der Waals surface area contributed by atoms with Crippen LogP contribution in [0.5, 0.6) is 11.5 Å². The lowest BCUT2D eigenvalue weighted by atomic mass is 10.1. The molecule has 1 fully saturated rings. The quantitative estimate of drug-likeness (QED) is 0.820. The molecule has 1 amide bonds. The second-order valence-corrected chi connectivity index (χ2v) is 6.22. The van der Waals surface area contributed by atoms with Gasteiger partial charge in [0.25, 0.3) is 5.91 Å². The Labute approximate surface area is 148 Å². The van der Waals surface area contributed by atoms with Crippen LogP contribution in [0, 0.1) is 5.82 Å². The maximum Gasteiger partial charge on any atom is 0.257 e. The number of para-hydroxylation sites is 1. The number of fused-ring (bicyclic) bond motifs is 1. The van der Waals surface area contributed by atoms with Gasteiger partial charge in [-0.3, -0.25) is 4.79 Å². The summed E-state index contributed by atoms with van der Waals surface area (Å²) in [4.78, 5) is 14.6. The number of amides is 1. The molecule has 0 aromatic heterocycles. The number of benzene rings is 2. The summed E-state index contributed by atoms with van der Waals surface area (Å²) in [5.74, 6) is 0.468. The van der Waals surface area contributed by atoms with Gasteiger partial charge < -0.3 is 19.1 Å². The Kier molecular flexibility index (Phi) is 4.23. The fourth-order valence-electron chi connectivity index (χ4n) is 3.05. The molecule has 25 heavy (non-hydrogen) atoms. The van der Waals surface area contributed by atoms with Gasteiger partial charge in [0.1, 0.15) is 11.9 Å². The zero-order chi connectivity index (χ0) is 17.4. The second kappa shape index (κ2) is 6.54. The predicted octanol–water partition coefficient (Wildman–Crippen LogP) is 3.42. The normalized spacial score (nSPS) is 19.1. The van der Waals surface area contributed by atoms with Gasteiger partial charge in [0.15, 0.2) is 11.5 Å². The molecule has 2 heterocycles. The third kappa shape index (κ3) is 3.03. The highest BCUT2D eigenvalue weighted by atomic mass is 35.5. The van der Waals surface area contributed by atoms with Crippen LogP contribution in [0.4, 0.5) is 4.39 Å². The summed E-state index contributed by atoms with van der Waals surface area (Å²) in [5, 5.41) is 0.289. The minimum absolute atomic E-state index is 0.108. The number of morpholine rings is 1. The Morgan fingerprint density at radius 3 is 2.96 bits per heavy atom. The van der Waals surface area contributed by atoms with E-state index in [9.17, 15) is 9.18 Å². The van der Waals surface area contributed by atoms with E-state index in [1.54, 1.807) is 29.2 Å². The van der Waals surface area contributed by atoms with Gasteiger partial charge in [-0.05, 0) is 24.3 Å². The highest BCUT2D eigenvalue weighted by molar-refractivity contribution is 6.31. The molecule has 1 unspecified atom stereocenters. The van der Waals surface area contributed by atoms with Crippen LogP contribution < -0.4 is 9.47 Å². The first-order valence-electron chi connectivity index (χ1n) is 7.88. The molecule has 1 saturated heterocycles. The van der Waals surface area contributed by atoms with Crippen molar-refractivity contribution in [3.8, 4) is 11.5 Å². The molecule has 0 aliphatic carbocycles. The topological polar surface area (TPSA) is 48.0 Å².